The van der Waals surface area contributed by atoms with Crippen LogP contribution in [0.5, 0.6) is 11.5 Å². The summed E-state index contributed by atoms with van der Waals surface area (Å²) < 4.78 is 11.2. The molecule has 1 unspecified atom stereocenters. The van der Waals surface area contributed by atoms with E-state index in [2.05, 4.69) is 5.32 Å². The number of aromatic carboxylic acids is 1. The molecule has 0 spiro atoms. The Bertz CT molecular complexity index is 940. The molecule has 1 atom stereocenters. The molecule has 0 saturated heterocycles. The van der Waals surface area contributed by atoms with Gasteiger partial charge in [-0.3, -0.25) is 4.79 Å². The number of ether oxygens (including phenoxy) is 2. The Morgan fingerprint density at radius 1 is 1.33 bits per heavy atom. The predicted octanol–water partition coefficient (Wildman–Crippen LogP) is 3.68. The molecule has 0 radical (unpaired) electrons. The van der Waals surface area contributed by atoms with Crippen LogP contribution in [0.2, 0.25) is 5.02 Å². The maximum Gasteiger partial charge on any atom is 0.339 e. The van der Waals surface area contributed by atoms with E-state index in [4.69, 9.17) is 26.2 Å². The summed E-state index contributed by atoms with van der Waals surface area (Å²) in [6, 6.07) is 8.71. The highest BCUT2D eigenvalue weighted by atomic mass is 35.5. The van der Waals surface area contributed by atoms with Crippen LogP contribution in [-0.2, 0) is 4.74 Å². The summed E-state index contributed by atoms with van der Waals surface area (Å²) >= 11 is 5.97. The molecule has 2 aromatic carbocycles. The average molecular weight is 390 g/mol. The van der Waals surface area contributed by atoms with E-state index in [0.29, 0.717) is 28.6 Å². The number of halogens is 1. The van der Waals surface area contributed by atoms with E-state index in [9.17, 15) is 14.7 Å². The van der Waals surface area contributed by atoms with Crippen LogP contribution in [0.25, 0.3) is 0 Å². The Hall–Kier alpha value is -3.03. The lowest BCUT2D eigenvalue weighted by Crippen LogP contribution is -2.33. The van der Waals surface area contributed by atoms with Crippen molar-refractivity contribution in [3.8, 4) is 11.5 Å². The molecule has 0 saturated carbocycles. The zero-order valence-corrected chi connectivity index (χ0v) is 15.0. The van der Waals surface area contributed by atoms with Gasteiger partial charge in [-0.2, -0.15) is 0 Å². The number of carboxylic acids is 1. The van der Waals surface area contributed by atoms with Gasteiger partial charge in [-0.15, -0.1) is 0 Å². The second-order valence-corrected chi connectivity index (χ2v) is 6.09. The predicted molar refractivity (Wildman–Crippen MR) is 98.6 cm³/mol. The third kappa shape index (κ3) is 3.89. The molecule has 0 bridgehead atoms. The molecule has 140 valence electrons. The van der Waals surface area contributed by atoms with Gasteiger partial charge in [0.15, 0.2) is 0 Å². The second kappa shape index (κ2) is 7.69. The minimum Gasteiger partial charge on any atom is -0.507 e. The van der Waals surface area contributed by atoms with E-state index in [1.165, 1.54) is 30.5 Å². The molecule has 2 aromatic rings. The van der Waals surface area contributed by atoms with Gasteiger partial charge < -0.3 is 25.0 Å². The van der Waals surface area contributed by atoms with E-state index < -0.39 is 18.0 Å². The highest BCUT2D eigenvalue weighted by molar-refractivity contribution is 6.31. The van der Waals surface area contributed by atoms with Crippen molar-refractivity contribution in [2.75, 3.05) is 11.9 Å². The van der Waals surface area contributed by atoms with Crippen molar-refractivity contribution in [2.24, 2.45) is 0 Å². The molecule has 27 heavy (non-hydrogen) atoms. The maximum atomic E-state index is 12.8. The Morgan fingerprint density at radius 2 is 2.11 bits per heavy atom. The molecular formula is C19H16ClNO6. The van der Waals surface area contributed by atoms with Gasteiger partial charge in [-0.25, -0.2) is 4.79 Å². The number of aromatic hydroxyl groups is 1. The first-order valence-corrected chi connectivity index (χ1v) is 8.44. The molecule has 0 amide bonds. The Labute approximate surface area is 159 Å². The van der Waals surface area contributed by atoms with Gasteiger partial charge in [0.25, 0.3) is 0 Å². The van der Waals surface area contributed by atoms with Gasteiger partial charge in [0.2, 0.25) is 12.1 Å². The molecule has 0 fully saturated rings. The van der Waals surface area contributed by atoms with Gasteiger partial charge in [0, 0.05) is 29.6 Å². The molecule has 0 aromatic heterocycles. The number of benzene rings is 2. The number of ketones is 1. The lowest BCUT2D eigenvalue weighted by atomic mass is 10.00. The number of carbonyl (C=O) groups is 2. The van der Waals surface area contributed by atoms with Crippen molar-refractivity contribution in [1.82, 2.24) is 0 Å². The summed E-state index contributed by atoms with van der Waals surface area (Å²) in [6.45, 7) is 2.10. The summed E-state index contributed by atoms with van der Waals surface area (Å²) in [5.41, 5.74) is 0.704. The third-order valence-electron chi connectivity index (χ3n) is 3.88. The Balaban J connectivity index is 1.91. The van der Waals surface area contributed by atoms with Crippen LogP contribution in [0.15, 0.2) is 48.2 Å². The van der Waals surface area contributed by atoms with E-state index >= 15 is 0 Å². The number of hydrogen-bond acceptors (Lipinski definition) is 6. The Morgan fingerprint density at radius 3 is 2.78 bits per heavy atom. The van der Waals surface area contributed by atoms with Crippen molar-refractivity contribution in [3.05, 3.63) is 64.3 Å². The molecule has 0 aliphatic carbocycles. The fourth-order valence-electron chi connectivity index (χ4n) is 2.60. The summed E-state index contributed by atoms with van der Waals surface area (Å²) in [4.78, 5) is 23.8. The molecule has 8 heteroatoms. The van der Waals surface area contributed by atoms with Crippen LogP contribution < -0.4 is 10.1 Å². The maximum absolute atomic E-state index is 12.8. The monoisotopic (exact) mass is 389 g/mol. The molecule has 1 heterocycles. The first-order valence-electron chi connectivity index (χ1n) is 8.06. The van der Waals surface area contributed by atoms with E-state index in [1.807, 2.05) is 0 Å². The number of nitrogens with one attached hydrogen (secondary N) is 1. The number of fused-ring (bicyclic) bond motifs is 1. The van der Waals surface area contributed by atoms with Crippen LogP contribution in [0.4, 0.5) is 5.69 Å². The number of hydrogen-bond donors (Lipinski definition) is 3. The van der Waals surface area contributed by atoms with Crippen LogP contribution in [0, 0.1) is 0 Å². The first-order chi connectivity index (χ1) is 12.9. The lowest BCUT2D eigenvalue weighted by molar-refractivity contribution is -0.0509. The highest BCUT2D eigenvalue weighted by Gasteiger charge is 2.32. The third-order valence-corrected chi connectivity index (χ3v) is 4.11. The van der Waals surface area contributed by atoms with Crippen LogP contribution in [0.1, 0.15) is 27.6 Å². The summed E-state index contributed by atoms with van der Waals surface area (Å²) in [7, 11) is 0. The molecule has 1 aliphatic rings. The summed E-state index contributed by atoms with van der Waals surface area (Å²) in [6.07, 6.45) is 0.498. The van der Waals surface area contributed by atoms with Crippen LogP contribution >= 0.6 is 11.6 Å². The molecule has 3 rings (SSSR count). The number of phenols is 1. The fraction of sp³-hybridized carbons (Fsp3) is 0.158. The fourth-order valence-corrected chi connectivity index (χ4v) is 2.77. The molecular weight excluding hydrogens is 374 g/mol. The molecule has 7 nitrogen and oxygen atoms in total. The minimum absolute atomic E-state index is 0.216. The first kappa shape index (κ1) is 18.8. The number of anilines is 1. The Kier molecular flexibility index (Phi) is 5.34. The zero-order valence-electron chi connectivity index (χ0n) is 14.2. The van der Waals surface area contributed by atoms with Gasteiger partial charge >= 0.3 is 5.97 Å². The van der Waals surface area contributed by atoms with Crippen molar-refractivity contribution in [2.45, 2.75) is 13.2 Å². The van der Waals surface area contributed by atoms with Gasteiger partial charge in [0.1, 0.15) is 17.1 Å². The van der Waals surface area contributed by atoms with E-state index in [-0.39, 0.29) is 16.9 Å². The molecule has 3 N–H and O–H groups in total. The van der Waals surface area contributed by atoms with E-state index in [0.717, 1.165) is 0 Å². The van der Waals surface area contributed by atoms with E-state index in [1.54, 1.807) is 19.1 Å². The quantitative estimate of drug-likeness (QED) is 0.670. The highest BCUT2D eigenvalue weighted by Crippen LogP contribution is 2.33. The normalized spacial score (nSPS) is 17.3. The smallest absolute Gasteiger partial charge is 0.339 e. The van der Waals surface area contributed by atoms with Crippen LogP contribution in [-0.4, -0.2) is 34.9 Å². The van der Waals surface area contributed by atoms with Gasteiger partial charge in [0.05, 0.1) is 11.1 Å². The number of carbonyl (C=O) groups excluding carboxylic acids is 1. The molecule has 1 aliphatic heterocycles. The topological polar surface area (TPSA) is 105 Å². The number of rotatable bonds is 5. The van der Waals surface area contributed by atoms with Crippen molar-refractivity contribution >= 4 is 29.0 Å². The van der Waals surface area contributed by atoms with Crippen molar-refractivity contribution in [3.63, 3.8) is 0 Å². The lowest BCUT2D eigenvalue weighted by Gasteiger charge is -2.27. The van der Waals surface area contributed by atoms with Crippen molar-refractivity contribution < 1.29 is 29.3 Å². The van der Waals surface area contributed by atoms with Gasteiger partial charge in [-0.1, -0.05) is 11.6 Å². The van der Waals surface area contributed by atoms with Crippen molar-refractivity contribution in [1.29, 1.82) is 0 Å². The second-order valence-electron chi connectivity index (χ2n) is 5.66. The summed E-state index contributed by atoms with van der Waals surface area (Å²) in [5, 5.41) is 22.0. The largest absolute Gasteiger partial charge is 0.507 e. The SMILES string of the molecule is CCOC1Oc2ccc(Cl)cc2C(=O)/C1=C\Nc1ccc(C(=O)O)c(O)c1. The minimum atomic E-state index is -1.24. The van der Waals surface area contributed by atoms with Gasteiger partial charge in [-0.05, 0) is 37.3 Å². The van der Waals surface area contributed by atoms with Crippen LogP contribution in [0.3, 0.4) is 0 Å². The average Bonchev–Trinajstić information content (AvgIpc) is 2.62. The zero-order chi connectivity index (χ0) is 19.6. The number of Topliss-reactive ketones (excluding diaryl/α,β-unsaturated/α-hetero) is 1. The number of carboxylic acid groups (broad SMARTS) is 1. The standard InChI is InChI=1S/C19H16ClNO6/c1-2-26-19-14(17(23)13-7-10(20)3-6-16(13)27-19)9-21-11-4-5-12(18(24)25)15(22)8-11/h3-9,19,21-22H,2H2,1H3,(H,24,25)/b14-9+. The summed E-state index contributed by atoms with van der Waals surface area (Å²) in [5.74, 6) is -1.56.